The fourth-order valence-electron chi connectivity index (χ4n) is 3.18. The van der Waals surface area contributed by atoms with Gasteiger partial charge in [0.15, 0.2) is 0 Å². The molecule has 0 unspecified atom stereocenters. The topological polar surface area (TPSA) is 3.24 Å². The first-order chi connectivity index (χ1) is 14.2. The molecule has 29 heavy (non-hydrogen) atoms. The summed E-state index contributed by atoms with van der Waals surface area (Å²) in [4.78, 5) is 2.12. The van der Waals surface area contributed by atoms with Crippen LogP contribution < -0.4 is 4.90 Å². The van der Waals surface area contributed by atoms with Crippen molar-refractivity contribution in [2.45, 2.75) is 0 Å². The Labute approximate surface area is 183 Å². The molecule has 0 spiro atoms. The summed E-state index contributed by atoms with van der Waals surface area (Å²) in [7, 11) is 4.14. The summed E-state index contributed by atoms with van der Waals surface area (Å²) < 4.78 is 2.97. The van der Waals surface area contributed by atoms with Gasteiger partial charge in [-0.1, -0.05) is 0 Å². The summed E-state index contributed by atoms with van der Waals surface area (Å²) in [5.41, 5.74) is 6.39. The Kier molecular flexibility index (Phi) is 6.25. The van der Waals surface area contributed by atoms with Crippen LogP contribution in [0, 0.1) is 0 Å². The van der Waals surface area contributed by atoms with Gasteiger partial charge in [-0.2, -0.15) is 0 Å². The summed E-state index contributed by atoms with van der Waals surface area (Å²) in [6.45, 7) is 0. The average molecular weight is 490 g/mol. The SMILES string of the molecule is CN(C)c1ccc(C=CC2=CC(c3ccccc3)=[Te]C(c3ccccc3)=C2)cc1. The zero-order valence-corrected chi connectivity index (χ0v) is 19.1. The van der Waals surface area contributed by atoms with E-state index in [0.29, 0.717) is 0 Å². The number of anilines is 1. The molecule has 3 aromatic carbocycles. The number of hydrogen-bond donors (Lipinski definition) is 0. The van der Waals surface area contributed by atoms with Crippen LogP contribution in [0.15, 0.2) is 109 Å². The fraction of sp³-hybridized carbons (Fsp3) is 0.0741. The first-order valence-electron chi connectivity index (χ1n) is 9.73. The summed E-state index contributed by atoms with van der Waals surface area (Å²) in [6, 6.07) is 30.3. The maximum absolute atomic E-state index is 2.37. The molecule has 0 fully saturated rings. The van der Waals surface area contributed by atoms with E-state index in [0.717, 1.165) is 0 Å². The van der Waals surface area contributed by atoms with Crippen molar-refractivity contribution in [3.8, 4) is 0 Å². The van der Waals surface area contributed by atoms with Crippen molar-refractivity contribution < 1.29 is 0 Å². The van der Waals surface area contributed by atoms with E-state index < -0.39 is 20.5 Å². The third-order valence-corrected chi connectivity index (χ3v) is 8.08. The quantitative estimate of drug-likeness (QED) is 0.417. The van der Waals surface area contributed by atoms with E-state index in [1.165, 1.54) is 35.1 Å². The minimum atomic E-state index is -0.430. The van der Waals surface area contributed by atoms with Crippen molar-refractivity contribution >= 4 is 39.4 Å². The zero-order valence-electron chi connectivity index (χ0n) is 16.7. The Balaban J connectivity index is 1.68. The number of allylic oxidation sites excluding steroid dienone is 4. The minimum absolute atomic E-state index is 0.430. The van der Waals surface area contributed by atoms with Crippen LogP contribution in [-0.4, -0.2) is 38.1 Å². The van der Waals surface area contributed by atoms with Crippen LogP contribution in [-0.2, 0) is 0 Å². The van der Waals surface area contributed by atoms with Crippen molar-refractivity contribution in [1.29, 1.82) is 0 Å². The molecule has 1 aliphatic heterocycles. The van der Waals surface area contributed by atoms with Crippen molar-refractivity contribution in [2.75, 3.05) is 19.0 Å². The predicted molar refractivity (Wildman–Crippen MR) is 129 cm³/mol. The van der Waals surface area contributed by atoms with Crippen molar-refractivity contribution in [1.82, 2.24) is 0 Å². The number of nitrogens with zero attached hydrogens (tertiary/aromatic N) is 1. The van der Waals surface area contributed by atoms with Gasteiger partial charge < -0.3 is 0 Å². The molecule has 0 aliphatic carbocycles. The van der Waals surface area contributed by atoms with Crippen LogP contribution in [0.4, 0.5) is 5.69 Å². The van der Waals surface area contributed by atoms with Crippen LogP contribution in [0.25, 0.3) is 9.70 Å². The molecular weight excluding hydrogens is 466 g/mol. The summed E-state index contributed by atoms with van der Waals surface area (Å²) >= 11 is -0.430. The summed E-state index contributed by atoms with van der Waals surface area (Å²) in [6.07, 6.45) is 9.19. The monoisotopic (exact) mass is 492 g/mol. The van der Waals surface area contributed by atoms with Gasteiger partial charge in [-0.3, -0.25) is 0 Å². The molecule has 0 bridgehead atoms. The van der Waals surface area contributed by atoms with E-state index in [1.54, 1.807) is 0 Å². The normalized spacial score (nSPS) is 13.7. The van der Waals surface area contributed by atoms with Gasteiger partial charge in [0.05, 0.1) is 0 Å². The molecule has 0 N–H and O–H groups in total. The molecule has 0 atom stereocenters. The molecular formula is C27H24NTe. The van der Waals surface area contributed by atoms with Gasteiger partial charge in [0, 0.05) is 0 Å². The molecule has 0 aromatic heterocycles. The Morgan fingerprint density at radius 1 is 0.655 bits per heavy atom. The number of hydrogen-bond acceptors (Lipinski definition) is 1. The molecule has 2 heteroatoms. The van der Waals surface area contributed by atoms with Gasteiger partial charge in [-0.05, 0) is 0 Å². The second kappa shape index (κ2) is 9.22. The second-order valence-corrected chi connectivity index (χ2v) is 10.3. The van der Waals surface area contributed by atoms with Gasteiger partial charge >= 0.3 is 184 Å². The predicted octanol–water partition coefficient (Wildman–Crippen LogP) is 5.67. The molecule has 1 radical (unpaired) electrons. The molecule has 0 saturated carbocycles. The van der Waals surface area contributed by atoms with Crippen molar-refractivity contribution in [3.63, 3.8) is 0 Å². The van der Waals surface area contributed by atoms with Gasteiger partial charge in [0.1, 0.15) is 0 Å². The van der Waals surface area contributed by atoms with Gasteiger partial charge in [0.2, 0.25) is 0 Å². The van der Waals surface area contributed by atoms with E-state index >= 15 is 0 Å². The van der Waals surface area contributed by atoms with Crippen LogP contribution in [0.5, 0.6) is 0 Å². The molecule has 143 valence electrons. The van der Waals surface area contributed by atoms with E-state index in [1.807, 2.05) is 0 Å². The van der Waals surface area contributed by atoms with E-state index in [4.69, 9.17) is 0 Å². The fourth-order valence-corrected chi connectivity index (χ4v) is 6.42. The second-order valence-electron chi connectivity index (χ2n) is 7.17. The molecule has 1 aliphatic rings. The molecule has 4 rings (SSSR count). The van der Waals surface area contributed by atoms with Gasteiger partial charge in [-0.15, -0.1) is 0 Å². The Morgan fingerprint density at radius 3 is 1.90 bits per heavy atom. The number of benzene rings is 3. The third-order valence-electron chi connectivity index (χ3n) is 4.81. The van der Waals surface area contributed by atoms with Crippen LogP contribution in [0.1, 0.15) is 16.7 Å². The molecule has 1 heterocycles. The Morgan fingerprint density at radius 2 is 1.28 bits per heavy atom. The zero-order chi connectivity index (χ0) is 20.1. The summed E-state index contributed by atoms with van der Waals surface area (Å²) in [5, 5.41) is 0. The van der Waals surface area contributed by atoms with Crippen molar-refractivity contribution in [2.24, 2.45) is 0 Å². The van der Waals surface area contributed by atoms with E-state index in [-0.39, 0.29) is 0 Å². The molecule has 3 aromatic rings. The average Bonchev–Trinajstić information content (AvgIpc) is 2.79. The third kappa shape index (κ3) is 5.04. The van der Waals surface area contributed by atoms with Crippen LogP contribution >= 0.6 is 0 Å². The first-order valence-corrected chi connectivity index (χ1v) is 12.1. The standard InChI is InChI=1S/C27H24NTe/c1-28(2)25-17-15-21(16-18-25)13-14-22-19-26(23-9-5-3-6-10-23)29-27(20-22)24-11-7-4-8-12-24/h3-20H,1-2H3. The number of rotatable bonds is 5. The van der Waals surface area contributed by atoms with E-state index in [9.17, 15) is 0 Å². The van der Waals surface area contributed by atoms with Crippen molar-refractivity contribution in [3.05, 3.63) is 125 Å². The maximum atomic E-state index is 2.37. The van der Waals surface area contributed by atoms with Crippen LogP contribution in [0.2, 0.25) is 0 Å². The molecule has 1 nitrogen and oxygen atoms in total. The Bertz CT molecular complexity index is 1050. The van der Waals surface area contributed by atoms with Gasteiger partial charge in [-0.25, -0.2) is 0 Å². The first kappa shape index (κ1) is 19.6. The summed E-state index contributed by atoms with van der Waals surface area (Å²) in [5.74, 6) is 0. The van der Waals surface area contributed by atoms with Crippen LogP contribution in [0.3, 0.4) is 0 Å². The molecule has 0 saturated heterocycles. The molecule has 0 amide bonds. The van der Waals surface area contributed by atoms with E-state index in [2.05, 4.69) is 128 Å². The Hall–Kier alpha value is -2.66. The van der Waals surface area contributed by atoms with Gasteiger partial charge in [0.25, 0.3) is 0 Å².